The van der Waals surface area contributed by atoms with Gasteiger partial charge in [0.1, 0.15) is 6.20 Å². The average molecular weight is 185 g/mol. The molecule has 0 aliphatic carbocycles. The number of rotatable bonds is 0. The molecule has 0 saturated heterocycles. The van der Waals surface area contributed by atoms with E-state index >= 15 is 0 Å². The molecule has 2 rings (SSSR count). The van der Waals surface area contributed by atoms with Gasteiger partial charge >= 0.3 is 0 Å². The van der Waals surface area contributed by atoms with Crippen LogP contribution < -0.4 is 0 Å². The summed E-state index contributed by atoms with van der Waals surface area (Å²) in [6.07, 6.45) is 4.34. The van der Waals surface area contributed by atoms with Crippen molar-refractivity contribution in [3.8, 4) is 0 Å². The Morgan fingerprint density at radius 3 is 2.64 bits per heavy atom. The second-order valence-electron chi connectivity index (χ2n) is 4.45. The highest BCUT2D eigenvalue weighted by atomic mass is 14.8. The minimum absolute atomic E-state index is 0.162. The first-order chi connectivity index (χ1) is 6.57. The fourth-order valence-corrected chi connectivity index (χ4v) is 1.38. The van der Waals surface area contributed by atoms with Crippen LogP contribution in [0.1, 0.15) is 26.3 Å². The average Bonchev–Trinajstić information content (AvgIpc) is 2.16. The van der Waals surface area contributed by atoms with Gasteiger partial charge in [0.2, 0.25) is 0 Å². The van der Waals surface area contributed by atoms with E-state index in [4.69, 9.17) is 0 Å². The van der Waals surface area contributed by atoms with Crippen LogP contribution in [0.15, 0.2) is 24.4 Å². The molecule has 1 heterocycles. The first-order valence-electron chi connectivity index (χ1n) is 4.71. The van der Waals surface area contributed by atoms with Crippen LogP contribution in [0.5, 0.6) is 0 Å². The maximum atomic E-state index is 4.24. The Bertz CT molecular complexity index is 455. The maximum Gasteiger partial charge on any atom is 0.109 e. The van der Waals surface area contributed by atoms with Crippen molar-refractivity contribution in [2.45, 2.75) is 26.2 Å². The highest BCUT2D eigenvalue weighted by molar-refractivity contribution is 5.74. The number of hydrogen-bond donors (Lipinski definition) is 0. The molecule has 0 atom stereocenters. The number of nitrogens with zero attached hydrogens (tertiary/aromatic N) is 2. The zero-order valence-electron chi connectivity index (χ0n) is 8.70. The Balaban J connectivity index is 2.63. The molecule has 0 saturated carbocycles. The third kappa shape index (κ3) is 1.60. The van der Waals surface area contributed by atoms with Crippen molar-refractivity contribution in [1.29, 1.82) is 0 Å². The third-order valence-corrected chi connectivity index (χ3v) is 2.29. The van der Waals surface area contributed by atoms with Gasteiger partial charge in [-0.05, 0) is 23.1 Å². The summed E-state index contributed by atoms with van der Waals surface area (Å²) in [7, 11) is 0. The molecule has 0 aliphatic rings. The van der Waals surface area contributed by atoms with Crippen molar-refractivity contribution < 1.29 is 0 Å². The molecule has 1 aromatic heterocycles. The van der Waals surface area contributed by atoms with Crippen molar-refractivity contribution in [3.05, 3.63) is 36.2 Å². The minimum Gasteiger partial charge on any atom is -0.252 e. The van der Waals surface area contributed by atoms with Crippen LogP contribution in [-0.2, 0) is 5.41 Å². The zero-order valence-corrected chi connectivity index (χ0v) is 8.70. The standard InChI is InChI=1S/C12H13N2/c1-12(2,3)9-4-5-10-11(8-9)14-7-6-13-10/h4-5,7-8H,1-3H3. The number of aromatic nitrogens is 2. The first kappa shape index (κ1) is 9.13. The predicted octanol–water partition coefficient (Wildman–Crippen LogP) is 2.73. The van der Waals surface area contributed by atoms with Crippen molar-refractivity contribution in [1.82, 2.24) is 9.97 Å². The number of hydrogen-bond acceptors (Lipinski definition) is 2. The smallest absolute Gasteiger partial charge is 0.109 e. The second kappa shape index (κ2) is 3.05. The molecular weight excluding hydrogens is 172 g/mol. The van der Waals surface area contributed by atoms with Gasteiger partial charge in [0, 0.05) is 0 Å². The van der Waals surface area contributed by atoms with Crippen molar-refractivity contribution >= 4 is 11.0 Å². The molecule has 0 N–H and O–H groups in total. The van der Waals surface area contributed by atoms with Crippen LogP contribution in [0.2, 0.25) is 0 Å². The topological polar surface area (TPSA) is 25.8 Å². The predicted molar refractivity (Wildman–Crippen MR) is 57.1 cm³/mol. The SMILES string of the molecule is CC(C)(C)c1ccc2n[c]cnc2c1. The molecule has 0 fully saturated rings. The molecule has 0 amide bonds. The van der Waals surface area contributed by atoms with Gasteiger partial charge in [0.25, 0.3) is 0 Å². The van der Waals surface area contributed by atoms with Gasteiger partial charge in [-0.1, -0.05) is 26.8 Å². The van der Waals surface area contributed by atoms with E-state index in [0.29, 0.717) is 0 Å². The Morgan fingerprint density at radius 1 is 1.14 bits per heavy atom. The summed E-state index contributed by atoms with van der Waals surface area (Å²) in [5, 5.41) is 0. The van der Waals surface area contributed by atoms with Gasteiger partial charge in [0.05, 0.1) is 17.2 Å². The highest BCUT2D eigenvalue weighted by Crippen LogP contribution is 2.24. The van der Waals surface area contributed by atoms with Crippen LogP contribution in [0, 0.1) is 6.20 Å². The highest BCUT2D eigenvalue weighted by Gasteiger charge is 2.13. The van der Waals surface area contributed by atoms with E-state index in [-0.39, 0.29) is 5.41 Å². The molecule has 0 spiro atoms. The summed E-state index contributed by atoms with van der Waals surface area (Å²) in [5.74, 6) is 0. The summed E-state index contributed by atoms with van der Waals surface area (Å²) in [6, 6.07) is 6.19. The summed E-state index contributed by atoms with van der Waals surface area (Å²) < 4.78 is 0. The summed E-state index contributed by atoms with van der Waals surface area (Å²) in [6.45, 7) is 6.57. The molecule has 2 heteroatoms. The molecule has 1 aromatic carbocycles. The largest absolute Gasteiger partial charge is 0.252 e. The maximum absolute atomic E-state index is 4.24. The Morgan fingerprint density at radius 2 is 1.93 bits per heavy atom. The van der Waals surface area contributed by atoms with Crippen molar-refractivity contribution in [2.24, 2.45) is 0 Å². The van der Waals surface area contributed by atoms with E-state index < -0.39 is 0 Å². The molecule has 14 heavy (non-hydrogen) atoms. The van der Waals surface area contributed by atoms with Crippen LogP contribution in [-0.4, -0.2) is 9.97 Å². The van der Waals surface area contributed by atoms with Gasteiger partial charge in [-0.15, -0.1) is 0 Å². The van der Waals surface area contributed by atoms with Crippen LogP contribution >= 0.6 is 0 Å². The zero-order chi connectivity index (χ0) is 10.2. The normalized spacial score (nSPS) is 11.9. The molecule has 0 aliphatic heterocycles. The summed E-state index contributed by atoms with van der Waals surface area (Å²) in [5.41, 5.74) is 3.29. The Kier molecular flexibility index (Phi) is 1.99. The van der Waals surface area contributed by atoms with E-state index in [1.54, 1.807) is 6.20 Å². The Hall–Kier alpha value is -1.44. The van der Waals surface area contributed by atoms with E-state index in [2.05, 4.69) is 49.1 Å². The lowest BCUT2D eigenvalue weighted by molar-refractivity contribution is 0.591. The molecule has 71 valence electrons. The fraction of sp³-hybridized carbons (Fsp3) is 0.333. The molecule has 2 aromatic rings. The second-order valence-corrected chi connectivity index (χ2v) is 4.45. The number of benzene rings is 1. The molecule has 2 nitrogen and oxygen atoms in total. The van der Waals surface area contributed by atoms with Gasteiger partial charge < -0.3 is 0 Å². The van der Waals surface area contributed by atoms with Gasteiger partial charge in [0.15, 0.2) is 0 Å². The van der Waals surface area contributed by atoms with Crippen molar-refractivity contribution in [3.63, 3.8) is 0 Å². The number of fused-ring (bicyclic) bond motifs is 1. The van der Waals surface area contributed by atoms with E-state index in [9.17, 15) is 0 Å². The molecule has 1 radical (unpaired) electrons. The molecule has 0 unspecified atom stereocenters. The first-order valence-corrected chi connectivity index (χ1v) is 4.71. The summed E-state index contributed by atoms with van der Waals surface area (Å²) >= 11 is 0. The monoisotopic (exact) mass is 185 g/mol. The lowest BCUT2D eigenvalue weighted by atomic mass is 9.87. The van der Waals surface area contributed by atoms with E-state index in [1.807, 2.05) is 6.07 Å². The summed E-state index contributed by atoms with van der Waals surface area (Å²) in [4.78, 5) is 8.35. The third-order valence-electron chi connectivity index (χ3n) is 2.29. The Labute approximate surface area is 84.0 Å². The van der Waals surface area contributed by atoms with Crippen LogP contribution in [0.4, 0.5) is 0 Å². The van der Waals surface area contributed by atoms with Crippen molar-refractivity contribution in [2.75, 3.05) is 0 Å². The minimum atomic E-state index is 0.162. The quantitative estimate of drug-likeness (QED) is 0.630. The lowest BCUT2D eigenvalue weighted by Crippen LogP contribution is -2.10. The fourth-order valence-electron chi connectivity index (χ4n) is 1.38. The van der Waals surface area contributed by atoms with Gasteiger partial charge in [-0.2, -0.15) is 0 Å². The van der Waals surface area contributed by atoms with Gasteiger partial charge in [-0.3, -0.25) is 4.98 Å². The lowest BCUT2D eigenvalue weighted by Gasteiger charge is -2.18. The van der Waals surface area contributed by atoms with E-state index in [0.717, 1.165) is 11.0 Å². The van der Waals surface area contributed by atoms with Crippen LogP contribution in [0.3, 0.4) is 0 Å². The molecule has 0 bridgehead atoms. The van der Waals surface area contributed by atoms with Crippen LogP contribution in [0.25, 0.3) is 11.0 Å². The van der Waals surface area contributed by atoms with Gasteiger partial charge in [-0.25, -0.2) is 4.98 Å². The molecular formula is C12H13N2. The van der Waals surface area contributed by atoms with E-state index in [1.165, 1.54) is 5.56 Å².